The predicted molar refractivity (Wildman–Crippen MR) is 45.6 cm³/mol. The van der Waals surface area contributed by atoms with Gasteiger partial charge in [0, 0.05) is 6.26 Å². The fourth-order valence-corrected chi connectivity index (χ4v) is 1.04. The lowest BCUT2D eigenvalue weighted by Crippen LogP contribution is -2.21. The molecule has 0 radical (unpaired) electrons. The number of carbonyl (C=O) groups excluding carboxylic acids is 1. The van der Waals surface area contributed by atoms with Gasteiger partial charge in [-0.25, -0.2) is 8.42 Å². The Hall–Kier alpha value is -0.580. The topological polar surface area (TPSA) is 60.4 Å². The Kier molecular flexibility index (Phi) is 4.23. The van der Waals surface area contributed by atoms with Crippen LogP contribution >= 0.6 is 0 Å². The highest BCUT2D eigenvalue weighted by atomic mass is 32.2. The van der Waals surface area contributed by atoms with Crippen molar-refractivity contribution in [3.05, 3.63) is 0 Å². The molecule has 1 atom stereocenters. The van der Waals surface area contributed by atoms with Crippen LogP contribution in [0.4, 0.5) is 0 Å². The predicted octanol–water partition coefficient (Wildman–Crippen LogP) is 0.373. The van der Waals surface area contributed by atoms with Gasteiger partial charge in [-0.15, -0.1) is 0 Å². The lowest BCUT2D eigenvalue weighted by atomic mass is 10.3. The molecular formula is C7H14O4S. The molecular weight excluding hydrogens is 180 g/mol. The van der Waals surface area contributed by atoms with Crippen molar-refractivity contribution in [2.24, 2.45) is 0 Å². The Morgan fingerprint density at radius 3 is 2.33 bits per heavy atom. The van der Waals surface area contributed by atoms with E-state index < -0.39 is 21.1 Å². The second-order valence-electron chi connectivity index (χ2n) is 2.65. The molecule has 0 amide bonds. The number of esters is 1. The number of carbonyl (C=O) groups is 1. The first kappa shape index (κ1) is 11.4. The van der Waals surface area contributed by atoms with Gasteiger partial charge in [0.1, 0.15) is 0 Å². The standard InChI is InChI=1S/C7H14O4S/c1-4-11-7(8)5-6(2)12(3,9)10/h6H,4-5H2,1-3H3. The smallest absolute Gasteiger partial charge is 0.307 e. The minimum Gasteiger partial charge on any atom is -0.466 e. The zero-order chi connectivity index (χ0) is 9.78. The van der Waals surface area contributed by atoms with E-state index in [1.165, 1.54) is 6.92 Å². The first-order valence-corrected chi connectivity index (χ1v) is 5.68. The Labute approximate surface area is 72.8 Å². The molecule has 0 bridgehead atoms. The highest BCUT2D eigenvalue weighted by Gasteiger charge is 2.18. The molecule has 0 aliphatic heterocycles. The zero-order valence-corrected chi connectivity index (χ0v) is 8.35. The molecule has 4 nitrogen and oxygen atoms in total. The maximum absolute atomic E-state index is 10.9. The molecule has 0 aromatic heterocycles. The van der Waals surface area contributed by atoms with Crippen molar-refractivity contribution >= 4 is 15.8 Å². The van der Waals surface area contributed by atoms with Crippen LogP contribution in [0.3, 0.4) is 0 Å². The highest BCUT2D eigenvalue weighted by molar-refractivity contribution is 7.91. The van der Waals surface area contributed by atoms with Gasteiger partial charge in [-0.2, -0.15) is 0 Å². The van der Waals surface area contributed by atoms with E-state index in [0.29, 0.717) is 0 Å². The number of ether oxygens (including phenoxy) is 1. The van der Waals surface area contributed by atoms with Gasteiger partial charge in [0.15, 0.2) is 9.84 Å². The van der Waals surface area contributed by atoms with Gasteiger partial charge in [0.25, 0.3) is 0 Å². The van der Waals surface area contributed by atoms with E-state index in [4.69, 9.17) is 0 Å². The van der Waals surface area contributed by atoms with Crippen molar-refractivity contribution in [3.63, 3.8) is 0 Å². The minimum absolute atomic E-state index is 0.0628. The molecule has 0 fully saturated rings. The Morgan fingerprint density at radius 1 is 1.50 bits per heavy atom. The van der Waals surface area contributed by atoms with E-state index in [1.54, 1.807) is 6.92 Å². The van der Waals surface area contributed by atoms with Gasteiger partial charge in [-0.05, 0) is 13.8 Å². The third-order valence-corrected chi connectivity index (χ3v) is 3.12. The molecule has 0 saturated heterocycles. The van der Waals surface area contributed by atoms with E-state index in [2.05, 4.69) is 4.74 Å². The molecule has 72 valence electrons. The SMILES string of the molecule is CCOC(=O)CC(C)S(C)(=O)=O. The fraction of sp³-hybridized carbons (Fsp3) is 0.857. The maximum atomic E-state index is 10.9. The molecule has 0 spiro atoms. The Bertz CT molecular complexity index is 242. The molecule has 0 heterocycles. The van der Waals surface area contributed by atoms with Gasteiger partial charge in [0.2, 0.25) is 0 Å². The molecule has 0 saturated carbocycles. The molecule has 0 aromatic rings. The van der Waals surface area contributed by atoms with Crippen molar-refractivity contribution in [3.8, 4) is 0 Å². The molecule has 0 rings (SSSR count). The maximum Gasteiger partial charge on any atom is 0.307 e. The summed E-state index contributed by atoms with van der Waals surface area (Å²) in [5.74, 6) is -0.463. The van der Waals surface area contributed by atoms with Crippen LogP contribution < -0.4 is 0 Å². The molecule has 5 heteroatoms. The van der Waals surface area contributed by atoms with E-state index in [1.807, 2.05) is 0 Å². The van der Waals surface area contributed by atoms with Crippen LogP contribution in [0.25, 0.3) is 0 Å². The van der Waals surface area contributed by atoms with Crippen LogP contribution in [0.2, 0.25) is 0 Å². The third kappa shape index (κ3) is 4.33. The van der Waals surface area contributed by atoms with Crippen molar-refractivity contribution < 1.29 is 17.9 Å². The van der Waals surface area contributed by atoms with E-state index in [9.17, 15) is 13.2 Å². The summed E-state index contributed by atoms with van der Waals surface area (Å²) in [4.78, 5) is 10.8. The third-order valence-electron chi connectivity index (χ3n) is 1.49. The summed E-state index contributed by atoms with van der Waals surface area (Å²) in [6, 6.07) is 0. The number of sulfone groups is 1. The lowest BCUT2D eigenvalue weighted by molar-refractivity contribution is -0.143. The van der Waals surface area contributed by atoms with Crippen molar-refractivity contribution in [1.82, 2.24) is 0 Å². The molecule has 0 N–H and O–H groups in total. The fourth-order valence-electron chi connectivity index (χ4n) is 0.606. The van der Waals surface area contributed by atoms with E-state index >= 15 is 0 Å². The zero-order valence-electron chi connectivity index (χ0n) is 7.53. The molecule has 0 aliphatic rings. The normalized spacial score (nSPS) is 13.9. The summed E-state index contributed by atoms with van der Waals surface area (Å²) in [6.45, 7) is 3.46. The van der Waals surface area contributed by atoms with Crippen molar-refractivity contribution in [2.75, 3.05) is 12.9 Å². The quantitative estimate of drug-likeness (QED) is 0.607. The monoisotopic (exact) mass is 194 g/mol. The summed E-state index contributed by atoms with van der Waals surface area (Å²) >= 11 is 0. The second-order valence-corrected chi connectivity index (χ2v) is 5.11. The van der Waals surface area contributed by atoms with Crippen molar-refractivity contribution in [2.45, 2.75) is 25.5 Å². The highest BCUT2D eigenvalue weighted by Crippen LogP contribution is 2.04. The Balaban J connectivity index is 4.02. The van der Waals surface area contributed by atoms with Crippen LogP contribution in [-0.4, -0.2) is 32.5 Å². The van der Waals surface area contributed by atoms with Crippen molar-refractivity contribution in [1.29, 1.82) is 0 Å². The average Bonchev–Trinajstić information content (AvgIpc) is 1.85. The summed E-state index contributed by atoms with van der Waals surface area (Å²) in [5.41, 5.74) is 0. The first-order chi connectivity index (χ1) is 5.38. The molecule has 0 aliphatic carbocycles. The number of rotatable bonds is 4. The van der Waals surface area contributed by atoms with Gasteiger partial charge in [-0.3, -0.25) is 4.79 Å². The Morgan fingerprint density at radius 2 is 2.00 bits per heavy atom. The summed E-state index contributed by atoms with van der Waals surface area (Å²) in [7, 11) is -3.12. The number of hydrogen-bond acceptors (Lipinski definition) is 4. The van der Waals surface area contributed by atoms with Crippen LogP contribution in [-0.2, 0) is 19.4 Å². The molecule has 12 heavy (non-hydrogen) atoms. The van der Waals surface area contributed by atoms with Crippen LogP contribution in [0, 0.1) is 0 Å². The molecule has 0 aromatic carbocycles. The first-order valence-electron chi connectivity index (χ1n) is 3.72. The van der Waals surface area contributed by atoms with E-state index in [0.717, 1.165) is 6.26 Å². The average molecular weight is 194 g/mol. The van der Waals surface area contributed by atoms with Crippen LogP contribution in [0.1, 0.15) is 20.3 Å². The summed E-state index contributed by atoms with van der Waals surface area (Å²) in [6.07, 6.45) is 1.05. The van der Waals surface area contributed by atoms with Crippen LogP contribution in [0.15, 0.2) is 0 Å². The lowest BCUT2D eigenvalue weighted by Gasteiger charge is -2.07. The van der Waals surface area contributed by atoms with Gasteiger partial charge >= 0.3 is 5.97 Å². The second kappa shape index (κ2) is 4.45. The van der Waals surface area contributed by atoms with Gasteiger partial charge in [-0.1, -0.05) is 0 Å². The summed E-state index contributed by atoms with van der Waals surface area (Å²) in [5, 5.41) is -0.656. The van der Waals surface area contributed by atoms with Crippen LogP contribution in [0.5, 0.6) is 0 Å². The molecule has 1 unspecified atom stereocenters. The van der Waals surface area contributed by atoms with E-state index in [-0.39, 0.29) is 13.0 Å². The van der Waals surface area contributed by atoms with Gasteiger partial charge < -0.3 is 4.74 Å². The minimum atomic E-state index is -3.12. The number of hydrogen-bond donors (Lipinski definition) is 0. The largest absolute Gasteiger partial charge is 0.466 e. The summed E-state index contributed by atoms with van der Waals surface area (Å²) < 4.78 is 26.3. The van der Waals surface area contributed by atoms with Gasteiger partial charge in [0.05, 0.1) is 18.3 Å².